The number of aryl methyl sites for hydroxylation is 2. The lowest BCUT2D eigenvalue weighted by Gasteiger charge is -2.15. The summed E-state index contributed by atoms with van der Waals surface area (Å²) >= 11 is 0. The van der Waals surface area contributed by atoms with Crippen LogP contribution in [-0.4, -0.2) is 34.6 Å². The Morgan fingerprint density at radius 1 is 1.35 bits per heavy atom. The average molecular weight is 317 g/mol. The summed E-state index contributed by atoms with van der Waals surface area (Å²) in [6.45, 7) is 5.41. The summed E-state index contributed by atoms with van der Waals surface area (Å²) in [5, 5.41) is 15.5. The normalized spacial score (nSPS) is 12.2. The van der Waals surface area contributed by atoms with Crippen molar-refractivity contribution in [2.45, 2.75) is 39.8 Å². The van der Waals surface area contributed by atoms with E-state index in [-0.39, 0.29) is 5.91 Å². The molecule has 0 spiro atoms. The Balaban J connectivity index is 2.08. The molecule has 0 radical (unpaired) electrons. The number of aromatic nitrogens is 1. The van der Waals surface area contributed by atoms with Gasteiger partial charge in [0.25, 0.3) is 0 Å². The van der Waals surface area contributed by atoms with Crippen LogP contribution in [0.3, 0.4) is 0 Å². The van der Waals surface area contributed by atoms with Gasteiger partial charge in [-0.3, -0.25) is 9.59 Å². The van der Waals surface area contributed by atoms with Crippen molar-refractivity contribution in [1.82, 2.24) is 15.6 Å². The Morgan fingerprint density at radius 2 is 2.09 bits per heavy atom. The van der Waals surface area contributed by atoms with Crippen LogP contribution in [0, 0.1) is 6.92 Å². The van der Waals surface area contributed by atoms with E-state index in [4.69, 9.17) is 0 Å². The number of aliphatic hydroxyl groups is 1. The molecule has 0 aliphatic carbocycles. The van der Waals surface area contributed by atoms with Crippen molar-refractivity contribution < 1.29 is 14.7 Å². The molecule has 124 valence electrons. The molecule has 23 heavy (non-hydrogen) atoms. The molecule has 0 unspecified atom stereocenters. The lowest BCUT2D eigenvalue weighted by Crippen LogP contribution is -2.48. The Morgan fingerprint density at radius 3 is 2.70 bits per heavy atom. The zero-order chi connectivity index (χ0) is 17.0. The van der Waals surface area contributed by atoms with Gasteiger partial charge in [-0.05, 0) is 36.6 Å². The van der Waals surface area contributed by atoms with Crippen LogP contribution in [-0.2, 0) is 22.6 Å². The maximum absolute atomic E-state index is 12.0. The van der Waals surface area contributed by atoms with Crippen LogP contribution < -0.4 is 10.6 Å². The lowest BCUT2D eigenvalue weighted by molar-refractivity contribution is -0.129. The van der Waals surface area contributed by atoms with Gasteiger partial charge in [-0.25, -0.2) is 0 Å². The number of H-pyrrole nitrogens is 1. The first-order chi connectivity index (χ1) is 11.0. The van der Waals surface area contributed by atoms with E-state index in [2.05, 4.69) is 29.5 Å². The maximum atomic E-state index is 12.0. The lowest BCUT2D eigenvalue weighted by atomic mass is 10.1. The minimum Gasteiger partial charge on any atom is -0.394 e. The summed E-state index contributed by atoms with van der Waals surface area (Å²) in [6, 6.07) is 5.08. The van der Waals surface area contributed by atoms with Crippen LogP contribution in [0.1, 0.15) is 30.7 Å². The first-order valence-corrected chi connectivity index (χ1v) is 7.72. The number of rotatable bonds is 6. The third-order valence-electron chi connectivity index (χ3n) is 3.92. The molecule has 0 aliphatic rings. The summed E-state index contributed by atoms with van der Waals surface area (Å²) in [6.07, 6.45) is 0.946. The van der Waals surface area contributed by atoms with Crippen LogP contribution >= 0.6 is 0 Å². The molecule has 1 aromatic carbocycles. The summed E-state index contributed by atoms with van der Waals surface area (Å²) in [4.78, 5) is 26.4. The van der Waals surface area contributed by atoms with Crippen LogP contribution in [0.25, 0.3) is 10.9 Å². The minimum absolute atomic E-state index is 0.344. The molecule has 0 bridgehead atoms. The minimum atomic E-state index is -0.920. The SMILES string of the molecule is CCc1[nH]c2ccc(CNC(=O)[C@H](CO)NC(C)=O)cc2c1C. The number of carbonyl (C=O) groups excluding carboxylic acids is 2. The van der Waals surface area contributed by atoms with Gasteiger partial charge in [0.2, 0.25) is 11.8 Å². The van der Waals surface area contributed by atoms with E-state index in [1.807, 2.05) is 18.2 Å². The summed E-state index contributed by atoms with van der Waals surface area (Å²) < 4.78 is 0. The number of amides is 2. The van der Waals surface area contributed by atoms with Crippen molar-refractivity contribution in [3.8, 4) is 0 Å². The summed E-state index contributed by atoms with van der Waals surface area (Å²) in [5.74, 6) is -0.751. The van der Waals surface area contributed by atoms with Gasteiger partial charge >= 0.3 is 0 Å². The van der Waals surface area contributed by atoms with Gasteiger partial charge < -0.3 is 20.7 Å². The highest BCUT2D eigenvalue weighted by molar-refractivity contribution is 5.87. The molecular weight excluding hydrogens is 294 g/mol. The molecule has 0 aliphatic heterocycles. The molecule has 0 saturated heterocycles. The highest BCUT2D eigenvalue weighted by atomic mass is 16.3. The first-order valence-electron chi connectivity index (χ1n) is 7.72. The fourth-order valence-corrected chi connectivity index (χ4v) is 2.64. The van der Waals surface area contributed by atoms with E-state index in [0.717, 1.165) is 22.9 Å². The van der Waals surface area contributed by atoms with Crippen molar-refractivity contribution in [2.24, 2.45) is 0 Å². The second kappa shape index (κ2) is 7.28. The van der Waals surface area contributed by atoms with Gasteiger partial charge in [-0.1, -0.05) is 13.0 Å². The number of hydrogen-bond donors (Lipinski definition) is 4. The molecule has 2 aromatic rings. The van der Waals surface area contributed by atoms with Gasteiger partial charge in [0.15, 0.2) is 0 Å². The second-order valence-electron chi connectivity index (χ2n) is 5.62. The Bertz CT molecular complexity index is 721. The van der Waals surface area contributed by atoms with Crippen LogP contribution in [0.5, 0.6) is 0 Å². The monoisotopic (exact) mass is 317 g/mol. The topological polar surface area (TPSA) is 94.2 Å². The Kier molecular flexibility index (Phi) is 5.39. The standard InChI is InChI=1S/C17H23N3O3/c1-4-14-10(2)13-7-12(5-6-15(13)20-14)8-18-17(23)16(9-21)19-11(3)22/h5-7,16,20-21H,4,8-9H2,1-3H3,(H,18,23)(H,19,22)/t16-/m0/s1. The van der Waals surface area contributed by atoms with E-state index in [9.17, 15) is 14.7 Å². The fraction of sp³-hybridized carbons (Fsp3) is 0.412. The molecule has 4 N–H and O–H groups in total. The molecule has 2 rings (SSSR count). The first kappa shape index (κ1) is 17.0. The molecule has 0 saturated carbocycles. The number of hydrogen-bond acceptors (Lipinski definition) is 3. The van der Waals surface area contributed by atoms with E-state index in [1.54, 1.807) is 0 Å². The van der Waals surface area contributed by atoms with Crippen LogP contribution in [0.2, 0.25) is 0 Å². The van der Waals surface area contributed by atoms with E-state index >= 15 is 0 Å². The van der Waals surface area contributed by atoms with E-state index < -0.39 is 18.6 Å². The van der Waals surface area contributed by atoms with Crippen LogP contribution in [0.15, 0.2) is 18.2 Å². The number of benzene rings is 1. The number of aliphatic hydroxyl groups excluding tert-OH is 1. The van der Waals surface area contributed by atoms with Crippen molar-refractivity contribution >= 4 is 22.7 Å². The van der Waals surface area contributed by atoms with E-state index in [0.29, 0.717) is 6.54 Å². The quantitative estimate of drug-likeness (QED) is 0.644. The molecule has 1 aromatic heterocycles. The Hall–Kier alpha value is -2.34. The zero-order valence-corrected chi connectivity index (χ0v) is 13.7. The number of fused-ring (bicyclic) bond motifs is 1. The average Bonchev–Trinajstić information content (AvgIpc) is 2.86. The summed E-state index contributed by atoms with van der Waals surface area (Å²) in [5.41, 5.74) is 4.49. The van der Waals surface area contributed by atoms with Gasteiger partial charge in [0, 0.05) is 30.1 Å². The number of aromatic amines is 1. The maximum Gasteiger partial charge on any atom is 0.245 e. The third kappa shape index (κ3) is 3.90. The highest BCUT2D eigenvalue weighted by Gasteiger charge is 2.17. The number of nitrogens with one attached hydrogen (secondary N) is 3. The third-order valence-corrected chi connectivity index (χ3v) is 3.92. The molecule has 2 amide bonds. The second-order valence-corrected chi connectivity index (χ2v) is 5.62. The van der Waals surface area contributed by atoms with Crippen molar-refractivity contribution in [3.63, 3.8) is 0 Å². The highest BCUT2D eigenvalue weighted by Crippen LogP contribution is 2.23. The van der Waals surface area contributed by atoms with Gasteiger partial charge in [-0.15, -0.1) is 0 Å². The van der Waals surface area contributed by atoms with Crippen molar-refractivity contribution in [2.75, 3.05) is 6.61 Å². The van der Waals surface area contributed by atoms with E-state index in [1.165, 1.54) is 18.2 Å². The van der Waals surface area contributed by atoms with Gasteiger partial charge in [0.1, 0.15) is 6.04 Å². The number of carbonyl (C=O) groups is 2. The van der Waals surface area contributed by atoms with Crippen LogP contribution in [0.4, 0.5) is 0 Å². The van der Waals surface area contributed by atoms with Gasteiger partial charge in [0.05, 0.1) is 6.61 Å². The molecule has 1 atom stereocenters. The predicted octanol–water partition coefficient (Wildman–Crippen LogP) is 1.15. The predicted molar refractivity (Wildman–Crippen MR) is 89.0 cm³/mol. The largest absolute Gasteiger partial charge is 0.394 e. The van der Waals surface area contributed by atoms with Crippen molar-refractivity contribution in [3.05, 3.63) is 35.0 Å². The smallest absolute Gasteiger partial charge is 0.245 e. The zero-order valence-electron chi connectivity index (χ0n) is 13.7. The molecule has 6 heteroatoms. The molecule has 1 heterocycles. The van der Waals surface area contributed by atoms with Crippen molar-refractivity contribution in [1.29, 1.82) is 0 Å². The Labute approximate surface area is 135 Å². The van der Waals surface area contributed by atoms with Gasteiger partial charge in [-0.2, -0.15) is 0 Å². The fourth-order valence-electron chi connectivity index (χ4n) is 2.64. The summed E-state index contributed by atoms with van der Waals surface area (Å²) in [7, 11) is 0. The molecule has 6 nitrogen and oxygen atoms in total. The molecule has 0 fully saturated rings. The molecular formula is C17H23N3O3.